The summed E-state index contributed by atoms with van der Waals surface area (Å²) >= 11 is 0. The molecule has 0 spiro atoms. The van der Waals surface area contributed by atoms with Crippen LogP contribution in [-0.4, -0.2) is 30.1 Å². The molecule has 0 bridgehead atoms. The maximum atomic E-state index is 12.2. The highest BCUT2D eigenvalue weighted by Gasteiger charge is 2.16. The van der Waals surface area contributed by atoms with Crippen molar-refractivity contribution in [1.29, 1.82) is 0 Å². The Labute approximate surface area is 146 Å². The van der Waals surface area contributed by atoms with Gasteiger partial charge in [-0.3, -0.25) is 4.79 Å². The molecule has 1 aromatic heterocycles. The van der Waals surface area contributed by atoms with E-state index >= 15 is 0 Å². The lowest BCUT2D eigenvalue weighted by Gasteiger charge is -2.11. The van der Waals surface area contributed by atoms with E-state index in [4.69, 9.17) is 4.52 Å². The molecule has 0 radical (unpaired) electrons. The largest absolute Gasteiger partial charge is 0.378 e. The molecule has 6 heteroatoms. The summed E-state index contributed by atoms with van der Waals surface area (Å²) in [5.74, 6) is -0.0335. The van der Waals surface area contributed by atoms with Crippen LogP contribution in [0, 0.1) is 6.92 Å². The van der Waals surface area contributed by atoms with Gasteiger partial charge in [0.15, 0.2) is 0 Å². The van der Waals surface area contributed by atoms with Gasteiger partial charge in [-0.25, -0.2) is 0 Å². The molecule has 128 valence electrons. The zero-order valence-electron chi connectivity index (χ0n) is 14.5. The van der Waals surface area contributed by atoms with E-state index in [2.05, 4.69) is 15.5 Å². The van der Waals surface area contributed by atoms with E-state index < -0.39 is 0 Å². The van der Waals surface area contributed by atoms with E-state index in [1.165, 1.54) is 5.56 Å². The first-order valence-corrected chi connectivity index (χ1v) is 7.98. The molecule has 0 saturated heterocycles. The molecule has 1 amide bonds. The fraction of sp³-hybridized carbons (Fsp3) is 0.211. The standard InChI is InChI=1S/C19H20N4O2/c1-13-4-6-14(7-5-13)12-20-18(24)19-21-17(22-25-19)15-8-10-16(11-9-15)23(2)3/h4-11H,12H2,1-3H3,(H,20,24). The highest BCUT2D eigenvalue weighted by atomic mass is 16.5. The predicted molar refractivity (Wildman–Crippen MR) is 96.4 cm³/mol. The number of carbonyl (C=O) groups is 1. The van der Waals surface area contributed by atoms with Crippen molar-refractivity contribution in [2.75, 3.05) is 19.0 Å². The SMILES string of the molecule is Cc1ccc(CNC(=O)c2nc(-c3ccc(N(C)C)cc3)no2)cc1. The zero-order chi connectivity index (χ0) is 17.8. The Bertz CT molecular complexity index is 852. The lowest BCUT2D eigenvalue weighted by Crippen LogP contribution is -2.23. The molecule has 0 atom stereocenters. The number of amides is 1. The van der Waals surface area contributed by atoms with Crippen molar-refractivity contribution in [3.8, 4) is 11.4 Å². The van der Waals surface area contributed by atoms with Crippen LogP contribution in [0.25, 0.3) is 11.4 Å². The molecular weight excluding hydrogens is 316 g/mol. The average Bonchev–Trinajstić information content (AvgIpc) is 3.11. The number of benzene rings is 2. The van der Waals surface area contributed by atoms with Crippen molar-refractivity contribution in [1.82, 2.24) is 15.5 Å². The predicted octanol–water partition coefficient (Wildman–Crippen LogP) is 3.04. The Kier molecular flexibility index (Phi) is 4.79. The number of hydrogen-bond donors (Lipinski definition) is 1. The van der Waals surface area contributed by atoms with Crippen molar-refractivity contribution < 1.29 is 9.32 Å². The van der Waals surface area contributed by atoms with Gasteiger partial charge in [-0.1, -0.05) is 35.0 Å². The molecule has 0 unspecified atom stereocenters. The minimum absolute atomic E-state index is 0.0428. The molecule has 0 aliphatic heterocycles. The molecule has 0 aliphatic rings. The fourth-order valence-corrected chi connectivity index (χ4v) is 2.31. The third-order valence-electron chi connectivity index (χ3n) is 3.84. The molecule has 25 heavy (non-hydrogen) atoms. The van der Waals surface area contributed by atoms with Crippen LogP contribution in [-0.2, 0) is 6.54 Å². The Balaban J connectivity index is 1.65. The summed E-state index contributed by atoms with van der Waals surface area (Å²) in [5.41, 5.74) is 4.06. The number of nitrogens with zero attached hydrogens (tertiary/aromatic N) is 3. The molecule has 0 aliphatic carbocycles. The Morgan fingerprint density at radius 1 is 1.08 bits per heavy atom. The van der Waals surface area contributed by atoms with Gasteiger partial charge in [0.25, 0.3) is 0 Å². The van der Waals surface area contributed by atoms with Crippen LogP contribution in [0.5, 0.6) is 0 Å². The van der Waals surface area contributed by atoms with Crippen LogP contribution >= 0.6 is 0 Å². The van der Waals surface area contributed by atoms with Gasteiger partial charge in [0.1, 0.15) is 0 Å². The summed E-state index contributed by atoms with van der Waals surface area (Å²) in [6.45, 7) is 2.43. The third kappa shape index (κ3) is 4.03. The number of nitrogens with one attached hydrogen (secondary N) is 1. The van der Waals surface area contributed by atoms with E-state index in [1.807, 2.05) is 74.4 Å². The van der Waals surface area contributed by atoms with Crippen LogP contribution in [0.15, 0.2) is 53.1 Å². The summed E-state index contributed by atoms with van der Waals surface area (Å²) in [7, 11) is 3.94. The van der Waals surface area contributed by atoms with E-state index in [9.17, 15) is 4.79 Å². The van der Waals surface area contributed by atoms with E-state index in [0.29, 0.717) is 12.4 Å². The van der Waals surface area contributed by atoms with Crippen molar-refractivity contribution in [2.24, 2.45) is 0 Å². The summed E-state index contributed by atoms with van der Waals surface area (Å²) in [6, 6.07) is 15.7. The molecule has 0 saturated carbocycles. The molecule has 0 fully saturated rings. The minimum atomic E-state index is -0.385. The number of carbonyl (C=O) groups excluding carboxylic acids is 1. The number of anilines is 1. The smallest absolute Gasteiger partial charge is 0.316 e. The average molecular weight is 336 g/mol. The van der Waals surface area contributed by atoms with Gasteiger partial charge < -0.3 is 14.7 Å². The second-order valence-electron chi connectivity index (χ2n) is 6.03. The van der Waals surface area contributed by atoms with Gasteiger partial charge in [-0.05, 0) is 36.8 Å². The molecule has 3 aromatic rings. The molecule has 1 heterocycles. The molecule has 3 rings (SSSR count). The van der Waals surface area contributed by atoms with Crippen molar-refractivity contribution in [3.63, 3.8) is 0 Å². The maximum Gasteiger partial charge on any atom is 0.316 e. The van der Waals surface area contributed by atoms with E-state index in [1.54, 1.807) is 0 Å². The van der Waals surface area contributed by atoms with E-state index in [-0.39, 0.29) is 11.8 Å². The topological polar surface area (TPSA) is 71.3 Å². The van der Waals surface area contributed by atoms with Crippen LogP contribution in [0.2, 0.25) is 0 Å². The summed E-state index contributed by atoms with van der Waals surface area (Å²) < 4.78 is 5.08. The second-order valence-corrected chi connectivity index (χ2v) is 6.03. The Hall–Kier alpha value is -3.15. The normalized spacial score (nSPS) is 10.5. The quantitative estimate of drug-likeness (QED) is 0.775. The first kappa shape index (κ1) is 16.7. The monoisotopic (exact) mass is 336 g/mol. The Morgan fingerprint density at radius 2 is 1.76 bits per heavy atom. The lowest BCUT2D eigenvalue weighted by atomic mass is 10.1. The van der Waals surface area contributed by atoms with Gasteiger partial charge in [-0.15, -0.1) is 0 Å². The van der Waals surface area contributed by atoms with Crippen molar-refractivity contribution in [2.45, 2.75) is 13.5 Å². The van der Waals surface area contributed by atoms with E-state index in [0.717, 1.165) is 16.8 Å². The summed E-state index contributed by atoms with van der Waals surface area (Å²) in [6.07, 6.45) is 0. The number of hydrogen-bond acceptors (Lipinski definition) is 5. The maximum absolute atomic E-state index is 12.2. The first-order valence-electron chi connectivity index (χ1n) is 7.98. The molecule has 1 N–H and O–H groups in total. The van der Waals surface area contributed by atoms with Crippen LogP contribution in [0.3, 0.4) is 0 Å². The van der Waals surface area contributed by atoms with Crippen LogP contribution < -0.4 is 10.2 Å². The Morgan fingerprint density at radius 3 is 2.40 bits per heavy atom. The lowest BCUT2D eigenvalue weighted by molar-refractivity contribution is 0.0907. The number of aromatic nitrogens is 2. The zero-order valence-corrected chi connectivity index (χ0v) is 14.5. The second kappa shape index (κ2) is 7.17. The van der Waals surface area contributed by atoms with Gasteiger partial charge in [0, 0.05) is 31.9 Å². The molecule has 2 aromatic carbocycles. The van der Waals surface area contributed by atoms with Gasteiger partial charge >= 0.3 is 11.8 Å². The van der Waals surface area contributed by atoms with Crippen molar-refractivity contribution >= 4 is 11.6 Å². The fourth-order valence-electron chi connectivity index (χ4n) is 2.31. The third-order valence-corrected chi connectivity index (χ3v) is 3.84. The number of rotatable bonds is 5. The highest BCUT2D eigenvalue weighted by Crippen LogP contribution is 2.20. The van der Waals surface area contributed by atoms with Gasteiger partial charge in [-0.2, -0.15) is 4.98 Å². The van der Waals surface area contributed by atoms with Crippen LogP contribution in [0.1, 0.15) is 21.8 Å². The molecule has 6 nitrogen and oxygen atoms in total. The number of aryl methyl sites for hydroxylation is 1. The minimum Gasteiger partial charge on any atom is -0.378 e. The molecular formula is C19H20N4O2. The van der Waals surface area contributed by atoms with Gasteiger partial charge in [0.2, 0.25) is 5.82 Å². The van der Waals surface area contributed by atoms with Gasteiger partial charge in [0.05, 0.1) is 0 Å². The van der Waals surface area contributed by atoms with Crippen LogP contribution in [0.4, 0.5) is 5.69 Å². The summed E-state index contributed by atoms with van der Waals surface area (Å²) in [4.78, 5) is 18.3. The summed E-state index contributed by atoms with van der Waals surface area (Å²) in [5, 5.41) is 6.67. The highest BCUT2D eigenvalue weighted by molar-refractivity contribution is 5.89. The first-order chi connectivity index (χ1) is 12.0. The van der Waals surface area contributed by atoms with Crippen molar-refractivity contribution in [3.05, 3.63) is 65.5 Å².